The van der Waals surface area contributed by atoms with E-state index in [2.05, 4.69) is 0 Å². The van der Waals surface area contributed by atoms with E-state index in [1.54, 1.807) is 43.4 Å². The lowest BCUT2D eigenvalue weighted by molar-refractivity contribution is -0.384. The van der Waals surface area contributed by atoms with E-state index in [0.29, 0.717) is 17.5 Å². The maximum Gasteiger partial charge on any atom is 0.329 e. The van der Waals surface area contributed by atoms with Gasteiger partial charge in [-0.15, -0.1) is 0 Å². The van der Waals surface area contributed by atoms with Crippen LogP contribution in [0.25, 0.3) is 0 Å². The Labute approximate surface area is 163 Å². The number of nitrogens with zero attached hydrogens (tertiary/aromatic N) is 3. The number of aryl methyl sites for hydroxylation is 1. The summed E-state index contributed by atoms with van der Waals surface area (Å²) in [5, 5.41) is 20.9. The molecular weight excluding hydrogens is 360 g/mol. The number of hydrogen-bond acceptors (Lipinski definition) is 7. The number of ether oxygens (including phenoxy) is 1. The number of carbonyl (C=O) groups is 1. The molecule has 0 fully saturated rings. The van der Waals surface area contributed by atoms with Crippen molar-refractivity contribution < 1.29 is 14.5 Å². The van der Waals surface area contributed by atoms with Gasteiger partial charge < -0.3 is 4.74 Å². The van der Waals surface area contributed by atoms with Crippen LogP contribution in [0.4, 0.5) is 5.69 Å². The molecule has 0 aliphatic carbocycles. The van der Waals surface area contributed by atoms with Crippen LogP contribution in [0.5, 0.6) is 0 Å². The van der Waals surface area contributed by atoms with Crippen molar-refractivity contribution in [3.05, 3.63) is 75.3 Å². The number of nitro groups is 1. The minimum absolute atomic E-state index is 0.0649. The van der Waals surface area contributed by atoms with Crippen LogP contribution in [0.15, 0.2) is 48.5 Å². The highest BCUT2D eigenvalue weighted by Gasteiger charge is 2.25. The Morgan fingerprint density at radius 3 is 2.61 bits per heavy atom. The van der Waals surface area contributed by atoms with Crippen molar-refractivity contribution in [1.82, 2.24) is 5.01 Å². The molecule has 0 aliphatic rings. The number of rotatable bonds is 9. The number of unbranched alkanes of at least 4 members (excludes halogenated alkanes) is 1. The molecule has 2 aromatic rings. The second-order valence-electron chi connectivity index (χ2n) is 6.35. The highest BCUT2D eigenvalue weighted by molar-refractivity contribution is 5.77. The Hall–Kier alpha value is -3.28. The summed E-state index contributed by atoms with van der Waals surface area (Å²) in [6.45, 7) is 0.244. The van der Waals surface area contributed by atoms with Gasteiger partial charge in [0, 0.05) is 19.2 Å². The number of hydrogen-bond donors (Lipinski definition) is 1. The smallest absolute Gasteiger partial charge is 0.329 e. The summed E-state index contributed by atoms with van der Waals surface area (Å²) in [6.07, 6.45) is 2.17. The van der Waals surface area contributed by atoms with Gasteiger partial charge in [-0.2, -0.15) is 5.26 Å². The fraction of sp³-hybridized carbons (Fsp3) is 0.300. The van der Waals surface area contributed by atoms with Gasteiger partial charge in [0.05, 0.1) is 23.2 Å². The Kier molecular flexibility index (Phi) is 7.63. The summed E-state index contributed by atoms with van der Waals surface area (Å²) < 4.78 is 5.35. The van der Waals surface area contributed by atoms with Gasteiger partial charge in [0.15, 0.2) is 0 Å². The molecule has 0 spiro atoms. The average Bonchev–Trinajstić information content (AvgIpc) is 2.68. The lowest BCUT2D eigenvalue weighted by Gasteiger charge is -2.22. The van der Waals surface area contributed by atoms with Crippen LogP contribution in [0.1, 0.15) is 35.6 Å². The SMILES string of the molecule is CN(N)C(C(=O)OCCCCc1ccc([N+](=O)[O-])cc1)c1cccc(C#N)c1. The Morgan fingerprint density at radius 1 is 1.29 bits per heavy atom. The maximum absolute atomic E-state index is 12.4. The quantitative estimate of drug-likeness (QED) is 0.232. The number of non-ortho nitro benzene ring substituents is 1. The number of likely N-dealkylation sites (N-methyl/N-ethyl adjacent to an activating group) is 1. The molecular formula is C20H22N4O4. The number of nitro benzene ring substituents is 1. The molecule has 1 atom stereocenters. The molecule has 0 radical (unpaired) electrons. The molecule has 2 N–H and O–H groups in total. The topological polar surface area (TPSA) is 122 Å². The molecule has 0 heterocycles. The Balaban J connectivity index is 1.82. The molecule has 1 unspecified atom stereocenters. The molecule has 0 saturated heterocycles. The zero-order valence-electron chi connectivity index (χ0n) is 15.6. The van der Waals surface area contributed by atoms with Crippen molar-refractivity contribution in [2.75, 3.05) is 13.7 Å². The highest BCUT2D eigenvalue weighted by Crippen LogP contribution is 2.20. The van der Waals surface area contributed by atoms with Crippen LogP contribution in [-0.2, 0) is 16.0 Å². The normalized spacial score (nSPS) is 11.6. The third-order valence-electron chi connectivity index (χ3n) is 4.21. The molecule has 2 rings (SSSR count). The molecule has 8 nitrogen and oxygen atoms in total. The maximum atomic E-state index is 12.4. The minimum atomic E-state index is -0.789. The molecule has 8 heteroatoms. The van der Waals surface area contributed by atoms with E-state index in [-0.39, 0.29) is 12.3 Å². The number of esters is 1. The predicted molar refractivity (Wildman–Crippen MR) is 103 cm³/mol. The first kappa shape index (κ1) is 21.0. The van der Waals surface area contributed by atoms with Gasteiger partial charge in [0.1, 0.15) is 6.04 Å². The fourth-order valence-corrected chi connectivity index (χ4v) is 2.78. The lowest BCUT2D eigenvalue weighted by Crippen LogP contribution is -2.37. The zero-order valence-corrected chi connectivity index (χ0v) is 15.6. The van der Waals surface area contributed by atoms with Gasteiger partial charge in [0.25, 0.3) is 5.69 Å². The van der Waals surface area contributed by atoms with Crippen molar-refractivity contribution >= 4 is 11.7 Å². The number of nitrogens with two attached hydrogens (primary N) is 1. The molecule has 2 aromatic carbocycles. The molecule has 28 heavy (non-hydrogen) atoms. The first-order chi connectivity index (χ1) is 13.4. The van der Waals surface area contributed by atoms with Gasteiger partial charge in [0.2, 0.25) is 0 Å². The lowest BCUT2D eigenvalue weighted by atomic mass is 10.0. The van der Waals surface area contributed by atoms with Gasteiger partial charge >= 0.3 is 5.97 Å². The van der Waals surface area contributed by atoms with Crippen LogP contribution in [-0.4, -0.2) is 29.6 Å². The number of carbonyl (C=O) groups excluding carboxylic acids is 1. The number of nitriles is 1. The van der Waals surface area contributed by atoms with Crippen LogP contribution in [0, 0.1) is 21.4 Å². The highest BCUT2D eigenvalue weighted by atomic mass is 16.6. The van der Waals surface area contributed by atoms with Crippen molar-refractivity contribution in [3.8, 4) is 6.07 Å². The average molecular weight is 382 g/mol. The van der Waals surface area contributed by atoms with Gasteiger partial charge in [-0.1, -0.05) is 24.3 Å². The first-order valence-corrected chi connectivity index (χ1v) is 8.80. The first-order valence-electron chi connectivity index (χ1n) is 8.80. The largest absolute Gasteiger partial charge is 0.464 e. The summed E-state index contributed by atoms with van der Waals surface area (Å²) in [6, 6.07) is 14.4. The summed E-state index contributed by atoms with van der Waals surface area (Å²) in [7, 11) is 1.57. The minimum Gasteiger partial charge on any atom is -0.464 e. The van der Waals surface area contributed by atoms with E-state index in [9.17, 15) is 14.9 Å². The van der Waals surface area contributed by atoms with Crippen LogP contribution >= 0.6 is 0 Å². The molecule has 0 aliphatic heterocycles. The summed E-state index contributed by atoms with van der Waals surface area (Å²) in [5.74, 6) is 5.33. The number of hydrazine groups is 1. The molecule has 146 valence electrons. The zero-order chi connectivity index (χ0) is 20.5. The second kappa shape index (κ2) is 10.2. The monoisotopic (exact) mass is 382 g/mol. The van der Waals surface area contributed by atoms with Crippen LogP contribution < -0.4 is 5.84 Å². The van der Waals surface area contributed by atoms with Gasteiger partial charge in [-0.3, -0.25) is 16.0 Å². The summed E-state index contributed by atoms with van der Waals surface area (Å²) in [4.78, 5) is 22.6. The van der Waals surface area contributed by atoms with E-state index in [1.807, 2.05) is 6.07 Å². The summed E-state index contributed by atoms with van der Waals surface area (Å²) >= 11 is 0. The van der Waals surface area contributed by atoms with E-state index in [4.69, 9.17) is 15.8 Å². The van der Waals surface area contributed by atoms with E-state index in [0.717, 1.165) is 18.4 Å². The molecule has 0 amide bonds. The van der Waals surface area contributed by atoms with E-state index in [1.165, 1.54) is 17.1 Å². The third-order valence-corrected chi connectivity index (χ3v) is 4.21. The van der Waals surface area contributed by atoms with Crippen molar-refractivity contribution in [3.63, 3.8) is 0 Å². The predicted octanol–water partition coefficient (Wildman–Crippen LogP) is 2.88. The molecule has 0 saturated carbocycles. The Bertz CT molecular complexity index is 859. The fourth-order valence-electron chi connectivity index (χ4n) is 2.78. The standard InChI is InChI=1S/C20H22N4O4/c1-23(22)19(17-7-4-6-16(13-17)14-21)20(25)28-12-3-2-5-15-8-10-18(11-9-15)24(26)27/h4,6-11,13,19H,2-3,5,12,22H2,1H3. The van der Waals surface area contributed by atoms with Crippen molar-refractivity contribution in [2.45, 2.75) is 25.3 Å². The molecule has 0 bridgehead atoms. The number of benzene rings is 2. The summed E-state index contributed by atoms with van der Waals surface area (Å²) in [5.41, 5.74) is 2.10. The van der Waals surface area contributed by atoms with Crippen LogP contribution in [0.2, 0.25) is 0 Å². The second-order valence-corrected chi connectivity index (χ2v) is 6.35. The van der Waals surface area contributed by atoms with Gasteiger partial charge in [-0.25, -0.2) is 9.80 Å². The van der Waals surface area contributed by atoms with Gasteiger partial charge in [-0.05, 0) is 42.5 Å². The van der Waals surface area contributed by atoms with Crippen LogP contribution in [0.3, 0.4) is 0 Å². The van der Waals surface area contributed by atoms with E-state index >= 15 is 0 Å². The van der Waals surface area contributed by atoms with Crippen molar-refractivity contribution in [1.29, 1.82) is 5.26 Å². The Morgan fingerprint density at radius 2 is 2.00 bits per heavy atom. The van der Waals surface area contributed by atoms with E-state index < -0.39 is 16.9 Å². The third kappa shape index (κ3) is 5.87. The van der Waals surface area contributed by atoms with Crippen molar-refractivity contribution in [2.24, 2.45) is 5.84 Å². The molecule has 0 aromatic heterocycles.